The third-order valence-corrected chi connectivity index (χ3v) is 4.87. The molecule has 0 aromatic rings. The maximum atomic E-state index is 12.6. The Balaban J connectivity index is 1.96. The zero-order valence-corrected chi connectivity index (χ0v) is 14.0. The van der Waals surface area contributed by atoms with Crippen molar-refractivity contribution in [1.82, 2.24) is 4.90 Å². The summed E-state index contributed by atoms with van der Waals surface area (Å²) >= 11 is 0. The molecule has 1 aliphatic heterocycles. The van der Waals surface area contributed by atoms with Crippen molar-refractivity contribution in [3.05, 3.63) is 24.4 Å². The number of nitrogens with zero attached hydrogens (tertiary/aromatic N) is 2. The quantitative estimate of drug-likeness (QED) is 0.673. The first kappa shape index (κ1) is 16.9. The van der Waals surface area contributed by atoms with Crippen LogP contribution in [-0.2, 0) is 9.53 Å². The van der Waals surface area contributed by atoms with Gasteiger partial charge in [-0.1, -0.05) is 39.8 Å². The first-order valence-electron chi connectivity index (χ1n) is 8.37. The molecule has 0 N–H and O–H groups in total. The molecule has 22 heavy (non-hydrogen) atoms. The lowest BCUT2D eigenvalue weighted by Gasteiger charge is -2.35. The SMILES string of the molecule is C=C(C=N/C=C\C(C)CC)C(CC)N1COC2(CCC2)C1=O. The van der Waals surface area contributed by atoms with Gasteiger partial charge >= 0.3 is 0 Å². The Morgan fingerprint density at radius 1 is 1.45 bits per heavy atom. The third-order valence-electron chi connectivity index (χ3n) is 4.87. The van der Waals surface area contributed by atoms with Gasteiger partial charge in [-0.2, -0.15) is 0 Å². The third kappa shape index (κ3) is 3.32. The van der Waals surface area contributed by atoms with E-state index < -0.39 is 5.60 Å². The molecule has 4 nitrogen and oxygen atoms in total. The minimum Gasteiger partial charge on any atom is -0.345 e. The van der Waals surface area contributed by atoms with Crippen molar-refractivity contribution in [2.75, 3.05) is 6.73 Å². The number of carbonyl (C=O) groups excluding carboxylic acids is 1. The number of allylic oxidation sites excluding steroid dienone is 1. The van der Waals surface area contributed by atoms with E-state index in [0.29, 0.717) is 12.6 Å². The zero-order chi connectivity index (χ0) is 16.2. The van der Waals surface area contributed by atoms with Gasteiger partial charge < -0.3 is 9.64 Å². The van der Waals surface area contributed by atoms with Crippen LogP contribution >= 0.6 is 0 Å². The van der Waals surface area contributed by atoms with Gasteiger partial charge in [-0.3, -0.25) is 9.79 Å². The van der Waals surface area contributed by atoms with E-state index in [1.807, 2.05) is 11.1 Å². The normalized spacial score (nSPS) is 23.4. The van der Waals surface area contributed by atoms with Crippen LogP contribution in [0.2, 0.25) is 0 Å². The molecule has 2 rings (SSSR count). The minimum atomic E-state index is -0.513. The number of rotatable bonds is 7. The first-order chi connectivity index (χ1) is 10.5. The van der Waals surface area contributed by atoms with Gasteiger partial charge in [0.25, 0.3) is 5.91 Å². The van der Waals surface area contributed by atoms with E-state index >= 15 is 0 Å². The van der Waals surface area contributed by atoms with Crippen LogP contribution < -0.4 is 0 Å². The molecule has 4 heteroatoms. The molecule has 0 radical (unpaired) electrons. The molecule has 1 saturated carbocycles. The van der Waals surface area contributed by atoms with E-state index in [9.17, 15) is 4.79 Å². The molecule has 0 aromatic carbocycles. The summed E-state index contributed by atoms with van der Waals surface area (Å²) in [5, 5.41) is 0. The zero-order valence-electron chi connectivity index (χ0n) is 14.0. The molecule has 2 unspecified atom stereocenters. The molecule has 2 aliphatic rings. The minimum absolute atomic E-state index is 0.0202. The van der Waals surface area contributed by atoms with Crippen molar-refractivity contribution >= 4 is 12.1 Å². The monoisotopic (exact) mass is 304 g/mol. The number of ether oxygens (including phenoxy) is 1. The highest BCUT2D eigenvalue weighted by Gasteiger charge is 2.53. The fraction of sp³-hybridized carbons (Fsp3) is 0.667. The van der Waals surface area contributed by atoms with Crippen molar-refractivity contribution in [3.63, 3.8) is 0 Å². The number of aliphatic imine (C=N–C) groups is 1. The van der Waals surface area contributed by atoms with Crippen molar-refractivity contribution in [3.8, 4) is 0 Å². The van der Waals surface area contributed by atoms with Crippen LogP contribution in [0.25, 0.3) is 0 Å². The number of amides is 1. The summed E-state index contributed by atoms with van der Waals surface area (Å²) in [6.07, 6.45) is 10.4. The molecule has 0 bridgehead atoms. The molecule has 1 saturated heterocycles. The van der Waals surface area contributed by atoms with Gasteiger partial charge in [0.1, 0.15) is 12.3 Å². The average molecular weight is 304 g/mol. The predicted molar refractivity (Wildman–Crippen MR) is 89.7 cm³/mol. The Kier molecular flexibility index (Phi) is 5.57. The van der Waals surface area contributed by atoms with Gasteiger partial charge in [-0.25, -0.2) is 0 Å². The van der Waals surface area contributed by atoms with Crippen LogP contribution in [0.15, 0.2) is 29.4 Å². The summed E-state index contributed by atoms with van der Waals surface area (Å²) in [7, 11) is 0. The van der Waals surface area contributed by atoms with Gasteiger partial charge in [-0.15, -0.1) is 0 Å². The molecule has 0 aromatic heterocycles. The van der Waals surface area contributed by atoms with E-state index in [-0.39, 0.29) is 11.9 Å². The average Bonchev–Trinajstić information content (AvgIpc) is 2.82. The summed E-state index contributed by atoms with van der Waals surface area (Å²) < 4.78 is 5.78. The molecular formula is C18H28N2O2. The van der Waals surface area contributed by atoms with Crippen LogP contribution in [-0.4, -0.2) is 35.4 Å². The van der Waals surface area contributed by atoms with Crippen LogP contribution in [0.3, 0.4) is 0 Å². The predicted octanol–water partition coefficient (Wildman–Crippen LogP) is 3.69. The van der Waals surface area contributed by atoms with Crippen molar-refractivity contribution in [2.45, 2.75) is 64.5 Å². The summed E-state index contributed by atoms with van der Waals surface area (Å²) in [6.45, 7) is 10.9. The van der Waals surface area contributed by atoms with Gasteiger partial charge in [0.05, 0.1) is 6.04 Å². The summed E-state index contributed by atoms with van der Waals surface area (Å²) in [5.74, 6) is 0.662. The largest absolute Gasteiger partial charge is 0.345 e. The Hall–Kier alpha value is -1.42. The molecule has 122 valence electrons. The standard InChI is InChI=1S/C18H28N2O2/c1-5-14(3)8-11-19-12-15(4)16(6-2)20-13-22-18(17(20)21)9-7-10-18/h8,11-12,14,16H,4-7,9-10,13H2,1-3H3/b11-8-,19-12?. The van der Waals surface area contributed by atoms with E-state index in [0.717, 1.165) is 37.7 Å². The second-order valence-corrected chi connectivity index (χ2v) is 6.40. The first-order valence-corrected chi connectivity index (χ1v) is 8.37. The van der Waals surface area contributed by atoms with Gasteiger partial charge in [0.15, 0.2) is 0 Å². The fourth-order valence-electron chi connectivity index (χ4n) is 2.90. The Morgan fingerprint density at radius 3 is 2.68 bits per heavy atom. The van der Waals surface area contributed by atoms with Crippen molar-refractivity contribution in [2.24, 2.45) is 10.9 Å². The number of carbonyl (C=O) groups is 1. The summed E-state index contributed by atoms with van der Waals surface area (Å²) in [4.78, 5) is 18.7. The van der Waals surface area contributed by atoms with Crippen molar-refractivity contribution in [1.29, 1.82) is 0 Å². The Morgan fingerprint density at radius 2 is 2.18 bits per heavy atom. The highest BCUT2D eigenvalue weighted by Crippen LogP contribution is 2.42. The molecule has 1 spiro atoms. The van der Waals surface area contributed by atoms with E-state index in [4.69, 9.17) is 4.74 Å². The highest BCUT2D eigenvalue weighted by molar-refractivity contribution is 5.90. The van der Waals surface area contributed by atoms with Crippen LogP contribution in [0.1, 0.15) is 52.9 Å². The second-order valence-electron chi connectivity index (χ2n) is 6.40. The fourth-order valence-corrected chi connectivity index (χ4v) is 2.90. The topological polar surface area (TPSA) is 41.9 Å². The van der Waals surface area contributed by atoms with Gasteiger partial charge in [0, 0.05) is 12.4 Å². The lowest BCUT2D eigenvalue weighted by molar-refractivity contribution is -0.144. The van der Waals surface area contributed by atoms with E-state index in [1.54, 1.807) is 6.21 Å². The smallest absolute Gasteiger partial charge is 0.257 e. The van der Waals surface area contributed by atoms with Gasteiger partial charge in [-0.05, 0) is 37.2 Å². The maximum Gasteiger partial charge on any atom is 0.257 e. The second kappa shape index (κ2) is 7.23. The number of hydrogen-bond acceptors (Lipinski definition) is 3. The van der Waals surface area contributed by atoms with E-state index in [1.165, 1.54) is 0 Å². The molecule has 2 fully saturated rings. The van der Waals surface area contributed by atoms with Crippen LogP contribution in [0.4, 0.5) is 0 Å². The van der Waals surface area contributed by atoms with Crippen molar-refractivity contribution < 1.29 is 9.53 Å². The number of hydrogen-bond donors (Lipinski definition) is 0. The Labute approximate surface area is 133 Å². The Bertz CT molecular complexity index is 477. The molecular weight excluding hydrogens is 276 g/mol. The highest BCUT2D eigenvalue weighted by atomic mass is 16.5. The summed E-state index contributed by atoms with van der Waals surface area (Å²) in [6, 6.07) is -0.0202. The summed E-state index contributed by atoms with van der Waals surface area (Å²) in [5.41, 5.74) is 0.353. The molecule has 1 aliphatic carbocycles. The van der Waals surface area contributed by atoms with Crippen LogP contribution in [0.5, 0.6) is 0 Å². The maximum absolute atomic E-state index is 12.6. The molecule has 1 heterocycles. The van der Waals surface area contributed by atoms with E-state index in [2.05, 4.69) is 38.4 Å². The van der Waals surface area contributed by atoms with Crippen LogP contribution in [0, 0.1) is 5.92 Å². The lowest BCUT2D eigenvalue weighted by Crippen LogP contribution is -2.49. The molecule has 1 amide bonds. The molecule has 2 atom stereocenters. The van der Waals surface area contributed by atoms with Gasteiger partial charge in [0.2, 0.25) is 0 Å². The lowest BCUT2D eigenvalue weighted by atomic mass is 9.79.